The molecule has 0 radical (unpaired) electrons. The first-order chi connectivity index (χ1) is 10.2. The summed E-state index contributed by atoms with van der Waals surface area (Å²) in [5, 5.41) is 15.4. The number of rotatable bonds is 7. The second-order valence-electron chi connectivity index (χ2n) is 5.17. The highest BCUT2D eigenvalue weighted by Crippen LogP contribution is 2.22. The van der Waals surface area contributed by atoms with E-state index in [4.69, 9.17) is 4.74 Å². The molecule has 3 nitrogen and oxygen atoms in total. The molecule has 2 aromatic rings. The van der Waals surface area contributed by atoms with Crippen molar-refractivity contribution in [2.75, 3.05) is 20.0 Å². The Kier molecular flexibility index (Phi) is 5.91. The third kappa shape index (κ3) is 4.13. The number of benzene rings is 2. The summed E-state index contributed by atoms with van der Waals surface area (Å²) in [6, 6.07) is 12.8. The van der Waals surface area contributed by atoms with E-state index in [2.05, 4.69) is 36.5 Å². The minimum absolute atomic E-state index is 0.201. The zero-order chi connectivity index (χ0) is 15.2. The van der Waals surface area contributed by atoms with Crippen LogP contribution in [0.4, 0.5) is 0 Å². The van der Waals surface area contributed by atoms with E-state index in [1.54, 1.807) is 18.9 Å². The number of aliphatic hydroxyl groups is 1. The van der Waals surface area contributed by atoms with Gasteiger partial charge in [-0.2, -0.15) is 11.8 Å². The average molecular weight is 305 g/mol. The monoisotopic (exact) mass is 305 g/mol. The third-order valence-electron chi connectivity index (χ3n) is 3.78. The van der Waals surface area contributed by atoms with Crippen LogP contribution in [0, 0.1) is 0 Å². The van der Waals surface area contributed by atoms with Gasteiger partial charge in [0.25, 0.3) is 0 Å². The zero-order valence-corrected chi connectivity index (χ0v) is 13.6. The van der Waals surface area contributed by atoms with Crippen LogP contribution in [0.1, 0.15) is 12.5 Å². The molecule has 2 atom stereocenters. The van der Waals surface area contributed by atoms with Gasteiger partial charge in [-0.25, -0.2) is 0 Å². The molecule has 114 valence electrons. The molecule has 0 heterocycles. The van der Waals surface area contributed by atoms with E-state index in [1.165, 1.54) is 16.3 Å². The molecule has 0 saturated carbocycles. The number of nitrogens with one attached hydrogen (secondary N) is 1. The Morgan fingerprint density at radius 1 is 1.19 bits per heavy atom. The number of hydrogen-bond acceptors (Lipinski definition) is 4. The lowest BCUT2D eigenvalue weighted by atomic mass is 10.1. The number of methoxy groups -OCH3 is 1. The van der Waals surface area contributed by atoms with Gasteiger partial charge in [0.1, 0.15) is 5.75 Å². The maximum Gasteiger partial charge on any atom is 0.119 e. The number of hydrogen-bond donors (Lipinski definition) is 2. The fourth-order valence-corrected chi connectivity index (χ4v) is 3.01. The van der Waals surface area contributed by atoms with Crippen molar-refractivity contribution in [3.63, 3.8) is 0 Å². The average Bonchev–Trinajstić information content (AvgIpc) is 2.53. The molecule has 0 aliphatic carbocycles. The van der Waals surface area contributed by atoms with Crippen LogP contribution in [0.2, 0.25) is 0 Å². The maximum absolute atomic E-state index is 9.31. The zero-order valence-electron chi connectivity index (χ0n) is 12.8. The fourth-order valence-electron chi connectivity index (χ4n) is 2.36. The summed E-state index contributed by atoms with van der Waals surface area (Å²) in [6.07, 6.45) is 2.03. The van der Waals surface area contributed by atoms with Crippen LogP contribution in [0.5, 0.6) is 5.75 Å². The first kappa shape index (κ1) is 16.1. The van der Waals surface area contributed by atoms with E-state index in [1.807, 2.05) is 18.4 Å². The Bertz CT molecular complexity index is 584. The van der Waals surface area contributed by atoms with Crippen molar-refractivity contribution in [2.45, 2.75) is 24.8 Å². The maximum atomic E-state index is 9.31. The molecule has 2 rings (SSSR count). The van der Waals surface area contributed by atoms with E-state index in [9.17, 15) is 5.11 Å². The minimum Gasteiger partial charge on any atom is -0.497 e. The number of thioether (sulfide) groups is 1. The summed E-state index contributed by atoms with van der Waals surface area (Å²) in [7, 11) is 1.68. The molecular formula is C17H23NO2S. The van der Waals surface area contributed by atoms with Gasteiger partial charge in [-0.1, -0.05) is 18.2 Å². The standard InChI is InChI=1S/C17H23NO2S/c1-12(17(11-19)21-3)18-10-13-4-5-15-9-16(20-2)7-6-14(15)8-13/h4-9,12,17-19H,10-11H2,1-3H3. The molecule has 4 heteroatoms. The van der Waals surface area contributed by atoms with Crippen LogP contribution < -0.4 is 10.1 Å². The summed E-state index contributed by atoms with van der Waals surface area (Å²) in [5.74, 6) is 0.882. The predicted octanol–water partition coefficient (Wildman–Crippen LogP) is 3.05. The van der Waals surface area contributed by atoms with Crippen LogP contribution in [-0.2, 0) is 6.54 Å². The van der Waals surface area contributed by atoms with Crippen molar-refractivity contribution in [1.82, 2.24) is 5.32 Å². The molecule has 21 heavy (non-hydrogen) atoms. The summed E-state index contributed by atoms with van der Waals surface area (Å²) >= 11 is 1.69. The molecule has 0 bridgehead atoms. The highest BCUT2D eigenvalue weighted by atomic mass is 32.2. The van der Waals surface area contributed by atoms with Crippen molar-refractivity contribution < 1.29 is 9.84 Å². The fraction of sp³-hybridized carbons (Fsp3) is 0.412. The Labute approximate surface area is 130 Å². The molecule has 0 fully saturated rings. The number of ether oxygens (including phenoxy) is 1. The highest BCUT2D eigenvalue weighted by molar-refractivity contribution is 7.99. The van der Waals surface area contributed by atoms with Gasteiger partial charge in [-0.15, -0.1) is 0 Å². The van der Waals surface area contributed by atoms with Gasteiger partial charge in [0.15, 0.2) is 0 Å². The quantitative estimate of drug-likeness (QED) is 0.825. The molecule has 0 amide bonds. The van der Waals surface area contributed by atoms with Crippen molar-refractivity contribution in [3.8, 4) is 5.75 Å². The Hall–Kier alpha value is -1.23. The van der Waals surface area contributed by atoms with Crippen molar-refractivity contribution >= 4 is 22.5 Å². The topological polar surface area (TPSA) is 41.5 Å². The Morgan fingerprint density at radius 2 is 1.90 bits per heavy atom. The van der Waals surface area contributed by atoms with Gasteiger partial charge in [-0.3, -0.25) is 0 Å². The SMILES string of the molecule is COc1ccc2cc(CNC(C)C(CO)SC)ccc2c1. The lowest BCUT2D eigenvalue weighted by Gasteiger charge is -2.21. The third-order valence-corrected chi connectivity index (χ3v) is 4.94. The van der Waals surface area contributed by atoms with Crippen LogP contribution in [-0.4, -0.2) is 36.4 Å². The van der Waals surface area contributed by atoms with E-state index in [0.29, 0.717) is 0 Å². The van der Waals surface area contributed by atoms with Gasteiger partial charge in [0.05, 0.1) is 13.7 Å². The lowest BCUT2D eigenvalue weighted by molar-refractivity contribution is 0.276. The van der Waals surface area contributed by atoms with Gasteiger partial charge in [0.2, 0.25) is 0 Å². The van der Waals surface area contributed by atoms with Crippen molar-refractivity contribution in [1.29, 1.82) is 0 Å². The molecule has 0 aliphatic heterocycles. The normalized spacial score (nSPS) is 14.1. The molecule has 0 aromatic heterocycles. The highest BCUT2D eigenvalue weighted by Gasteiger charge is 2.14. The molecule has 2 aromatic carbocycles. The van der Waals surface area contributed by atoms with Gasteiger partial charge in [-0.05, 0) is 47.7 Å². The second-order valence-corrected chi connectivity index (χ2v) is 6.25. The Balaban J connectivity index is 2.06. The Morgan fingerprint density at radius 3 is 2.57 bits per heavy atom. The summed E-state index contributed by atoms with van der Waals surface area (Å²) in [5.41, 5.74) is 1.25. The molecule has 0 saturated heterocycles. The van der Waals surface area contributed by atoms with Gasteiger partial charge < -0.3 is 15.2 Å². The van der Waals surface area contributed by atoms with E-state index in [-0.39, 0.29) is 17.9 Å². The largest absolute Gasteiger partial charge is 0.497 e. The predicted molar refractivity (Wildman–Crippen MR) is 91.2 cm³/mol. The molecule has 0 aliphatic rings. The van der Waals surface area contributed by atoms with E-state index < -0.39 is 0 Å². The summed E-state index contributed by atoms with van der Waals surface area (Å²) in [4.78, 5) is 0. The van der Waals surface area contributed by atoms with Crippen LogP contribution in [0.3, 0.4) is 0 Å². The first-order valence-electron chi connectivity index (χ1n) is 7.11. The van der Waals surface area contributed by atoms with E-state index in [0.717, 1.165) is 12.3 Å². The van der Waals surface area contributed by atoms with Gasteiger partial charge in [0, 0.05) is 17.8 Å². The second kappa shape index (κ2) is 7.69. The van der Waals surface area contributed by atoms with E-state index >= 15 is 0 Å². The lowest BCUT2D eigenvalue weighted by Crippen LogP contribution is -2.37. The number of fused-ring (bicyclic) bond motifs is 1. The van der Waals surface area contributed by atoms with Crippen LogP contribution in [0.25, 0.3) is 10.8 Å². The number of aliphatic hydroxyl groups excluding tert-OH is 1. The smallest absolute Gasteiger partial charge is 0.119 e. The summed E-state index contributed by atoms with van der Waals surface area (Å²) in [6.45, 7) is 3.12. The van der Waals surface area contributed by atoms with Gasteiger partial charge >= 0.3 is 0 Å². The van der Waals surface area contributed by atoms with Crippen molar-refractivity contribution in [3.05, 3.63) is 42.0 Å². The summed E-state index contributed by atoms with van der Waals surface area (Å²) < 4.78 is 5.24. The molecular weight excluding hydrogens is 282 g/mol. The molecule has 0 spiro atoms. The molecule has 2 N–H and O–H groups in total. The van der Waals surface area contributed by atoms with Crippen LogP contribution >= 0.6 is 11.8 Å². The van der Waals surface area contributed by atoms with Crippen molar-refractivity contribution in [2.24, 2.45) is 0 Å². The molecule has 2 unspecified atom stereocenters. The minimum atomic E-state index is 0.201. The van der Waals surface area contributed by atoms with Crippen LogP contribution in [0.15, 0.2) is 36.4 Å². The first-order valence-corrected chi connectivity index (χ1v) is 8.40.